The molecule has 12 fully saturated rings. The molecule has 38 heteroatoms. The van der Waals surface area contributed by atoms with Crippen LogP contribution in [0.5, 0.6) is 0 Å². The lowest BCUT2D eigenvalue weighted by atomic mass is 10.0. The Balaban J connectivity index is 0.000000105. The minimum atomic E-state index is -1.39. The summed E-state index contributed by atoms with van der Waals surface area (Å²) in [5.41, 5.74) is 1.81. The number of aromatic nitrogens is 12. The molecule has 4 aromatic carbocycles. The molecule has 8 aliphatic heterocycles. The van der Waals surface area contributed by atoms with E-state index in [1.807, 2.05) is 23.1 Å². The number of carbonyl (C=O) groups excluding carboxylic acids is 4. The third-order valence-corrected chi connectivity index (χ3v) is 29.0. The highest BCUT2D eigenvalue weighted by Crippen LogP contribution is 2.67. The second-order valence-corrected chi connectivity index (χ2v) is 37.1. The smallest absolute Gasteiger partial charge is 0.322 e. The van der Waals surface area contributed by atoms with E-state index in [2.05, 4.69) is 70.2 Å². The number of ether oxygens (including phenoxy) is 1. The van der Waals surface area contributed by atoms with Crippen LogP contribution < -0.4 is 40.9 Å². The number of hydrogen-bond acceptors (Lipinski definition) is 17. The standard InChI is InChI=1S/C23H23F3N6O.C23H24F2N6O2.2C23H24F2N6O/c1-22(26)6-9-30(13-22)21(33)28-18-12-27-32-8-5-19(29-20(18)32)31-7-4-14-11-23(14,31)16-10-15(24)2-3-17(16)25;1-33-16-5-7-29(13-16)22(32)27-19-12-26-31-9-6-20(28-21(19)31)30-8-4-14-11-23(14,30)17-10-15(24)2-3-18(17)25;2*1-14-4-7-29(13-14)22(32)27-19-12-26-31-9-6-20(28-21(19)31)30-8-5-15-11-23(15,30)17-10-16(24)2-3-18(17)25/h2-3,5,8,10,12,14H,4,6-7,9,11,13H2,1H3,(H,28,33);2-3,6,9-10,12,14,16H,4-5,7-8,11,13H2,1H3,(H,27,32);2*2-3,6,9-10,12,14-15H,4-5,7-8,11,13H2,1H3,(H,27,32)/t14-,22?,23+;14-,16-,23+;14-,15+,23-;14-,15-,23+/m0010/s1. The molecule has 0 spiro atoms. The number of fused-ring (bicyclic) bond motifs is 8. The Kier molecular flexibility index (Phi) is 20.6. The van der Waals surface area contributed by atoms with Gasteiger partial charge < -0.3 is 65.2 Å². The van der Waals surface area contributed by atoms with Crippen molar-refractivity contribution in [2.45, 2.75) is 132 Å². The summed E-state index contributed by atoms with van der Waals surface area (Å²) >= 11 is 0. The highest BCUT2D eigenvalue weighted by Gasteiger charge is 2.68. The van der Waals surface area contributed by atoms with Gasteiger partial charge in [0.15, 0.2) is 22.6 Å². The fraction of sp³-hybridized carbons (Fsp3) is 0.435. The van der Waals surface area contributed by atoms with E-state index in [9.17, 15) is 58.7 Å². The molecule has 4 saturated carbocycles. The van der Waals surface area contributed by atoms with Gasteiger partial charge in [0, 0.05) is 133 Å². The summed E-state index contributed by atoms with van der Waals surface area (Å²) in [7, 11) is 1.65. The third kappa shape index (κ3) is 14.7. The lowest BCUT2D eigenvalue weighted by Gasteiger charge is -2.30. The number of alkyl halides is 1. The van der Waals surface area contributed by atoms with Gasteiger partial charge in [-0.3, -0.25) is 0 Å². The van der Waals surface area contributed by atoms with E-state index in [1.54, 1.807) is 84.8 Å². The van der Waals surface area contributed by atoms with Gasteiger partial charge in [-0.05, 0) is 210 Å². The highest BCUT2D eigenvalue weighted by atomic mass is 19.2. The van der Waals surface area contributed by atoms with E-state index in [4.69, 9.17) is 24.7 Å². The fourth-order valence-electron chi connectivity index (χ4n) is 22.0. The van der Waals surface area contributed by atoms with Crippen molar-refractivity contribution in [1.82, 2.24) is 78.0 Å². The minimum Gasteiger partial charge on any atom is -0.380 e. The van der Waals surface area contributed by atoms with E-state index < -0.39 is 68.8 Å². The number of hydrogen-bond donors (Lipinski definition) is 4. The number of amides is 8. The Morgan fingerprint density at radius 1 is 0.369 bits per heavy atom. The average molecular weight is 1790 g/mol. The molecule has 8 aromatic heterocycles. The molecular formula is C92H95F9N24O5. The van der Waals surface area contributed by atoms with Gasteiger partial charge in [-0.15, -0.1) is 0 Å². The zero-order chi connectivity index (χ0) is 89.8. The second-order valence-electron chi connectivity index (χ2n) is 37.1. The van der Waals surface area contributed by atoms with Crippen molar-refractivity contribution in [1.29, 1.82) is 0 Å². The van der Waals surface area contributed by atoms with Crippen molar-refractivity contribution in [2.24, 2.45) is 35.5 Å². The van der Waals surface area contributed by atoms with Gasteiger partial charge in [-0.1, -0.05) is 13.8 Å². The molecule has 8 saturated heterocycles. The van der Waals surface area contributed by atoms with Gasteiger partial charge in [0.1, 0.15) is 98.2 Å². The van der Waals surface area contributed by atoms with E-state index in [0.29, 0.717) is 155 Å². The first-order chi connectivity index (χ1) is 62.7. The van der Waals surface area contributed by atoms with Crippen LogP contribution in [0.3, 0.4) is 0 Å². The van der Waals surface area contributed by atoms with Gasteiger partial charge in [0.2, 0.25) is 0 Å². The molecule has 4 aliphatic carbocycles. The third-order valence-electron chi connectivity index (χ3n) is 29.0. The van der Waals surface area contributed by atoms with Gasteiger partial charge in [0.05, 0.1) is 59.6 Å². The Morgan fingerprint density at radius 3 is 0.908 bits per heavy atom. The van der Waals surface area contributed by atoms with Crippen LogP contribution in [0, 0.1) is 82.0 Å². The molecule has 8 amide bonds. The number of urea groups is 4. The topological polar surface area (TPSA) is 272 Å². The molecule has 24 rings (SSSR count). The molecule has 4 N–H and O–H groups in total. The van der Waals surface area contributed by atoms with Crippen molar-refractivity contribution < 1.29 is 63.4 Å². The number of carbonyl (C=O) groups is 4. The van der Waals surface area contributed by atoms with Gasteiger partial charge in [-0.25, -0.2) is 96.7 Å². The van der Waals surface area contributed by atoms with Gasteiger partial charge >= 0.3 is 24.1 Å². The molecule has 12 atom stereocenters. The Bertz CT molecular complexity index is 6330. The number of methoxy groups -OCH3 is 1. The van der Waals surface area contributed by atoms with Crippen LogP contribution in [-0.4, -0.2) is 200 Å². The quantitative estimate of drug-likeness (QED) is 0.0781. The summed E-state index contributed by atoms with van der Waals surface area (Å²) in [4.78, 5) is 84.8. The summed E-state index contributed by atoms with van der Waals surface area (Å²) < 4.78 is 140. The first-order valence-electron chi connectivity index (χ1n) is 44.4. The maximum Gasteiger partial charge on any atom is 0.322 e. The number of nitrogens with zero attached hydrogens (tertiary/aromatic N) is 20. The Hall–Kier alpha value is -13.0. The number of rotatable bonds is 13. The van der Waals surface area contributed by atoms with E-state index >= 15 is 0 Å². The van der Waals surface area contributed by atoms with Gasteiger partial charge in [-0.2, -0.15) is 20.4 Å². The lowest BCUT2D eigenvalue weighted by Crippen LogP contribution is -2.35. The van der Waals surface area contributed by atoms with Crippen LogP contribution in [0.15, 0.2) is 147 Å². The van der Waals surface area contributed by atoms with Crippen molar-refractivity contribution in [2.75, 3.05) is 127 Å². The molecule has 0 bridgehead atoms. The predicted molar refractivity (Wildman–Crippen MR) is 464 cm³/mol. The molecule has 130 heavy (non-hydrogen) atoms. The van der Waals surface area contributed by atoms with Crippen LogP contribution in [-0.2, 0) is 26.9 Å². The van der Waals surface area contributed by atoms with E-state index in [0.717, 1.165) is 121 Å². The summed E-state index contributed by atoms with van der Waals surface area (Å²) in [5.74, 6) is 1.28. The van der Waals surface area contributed by atoms with Crippen LogP contribution >= 0.6 is 0 Å². The Labute approximate surface area is 739 Å². The molecule has 0 radical (unpaired) electrons. The number of anilines is 8. The Morgan fingerprint density at radius 2 is 0.654 bits per heavy atom. The summed E-state index contributed by atoms with van der Waals surface area (Å²) in [6.45, 7) is 13.0. The highest BCUT2D eigenvalue weighted by molar-refractivity contribution is 5.96. The van der Waals surface area contributed by atoms with Crippen molar-refractivity contribution in [3.05, 3.63) is 215 Å². The van der Waals surface area contributed by atoms with Crippen LogP contribution in [0.25, 0.3) is 22.6 Å². The first-order valence-corrected chi connectivity index (χ1v) is 44.4. The van der Waals surface area contributed by atoms with Gasteiger partial charge in [0.25, 0.3) is 0 Å². The first kappa shape index (κ1) is 83.9. The van der Waals surface area contributed by atoms with Crippen LogP contribution in [0.2, 0.25) is 0 Å². The van der Waals surface area contributed by atoms with Crippen LogP contribution in [0.1, 0.15) is 120 Å². The number of likely N-dealkylation sites (tertiary alicyclic amines) is 4. The molecule has 676 valence electrons. The number of nitrogens with one attached hydrogen (secondary N) is 4. The van der Waals surface area contributed by atoms with Crippen molar-refractivity contribution in [3.63, 3.8) is 0 Å². The molecule has 12 aromatic rings. The molecule has 29 nitrogen and oxygen atoms in total. The molecular weight excluding hydrogens is 1690 g/mol. The maximum atomic E-state index is 14.7. The average Bonchev–Trinajstić information content (AvgIpc) is 1.54. The van der Waals surface area contributed by atoms with Crippen molar-refractivity contribution >= 4 is 92.7 Å². The fourth-order valence-corrected chi connectivity index (χ4v) is 22.0. The largest absolute Gasteiger partial charge is 0.380 e. The maximum absolute atomic E-state index is 14.7. The second kappa shape index (κ2) is 32.0. The summed E-state index contributed by atoms with van der Waals surface area (Å²) in [5, 5.41) is 28.7. The van der Waals surface area contributed by atoms with Crippen molar-refractivity contribution in [3.8, 4) is 0 Å². The minimum absolute atomic E-state index is 0.0353. The zero-order valence-electron chi connectivity index (χ0n) is 71.8. The normalized spacial score (nSPS) is 26.9. The lowest BCUT2D eigenvalue weighted by molar-refractivity contribution is 0.111. The zero-order valence-corrected chi connectivity index (χ0v) is 71.8. The molecule has 1 unspecified atom stereocenters. The summed E-state index contributed by atoms with van der Waals surface area (Å²) in [6, 6.07) is 20.9. The van der Waals surface area contributed by atoms with Crippen LogP contribution in [0.4, 0.5) is 105 Å². The molecule has 12 aliphatic rings. The van der Waals surface area contributed by atoms with E-state index in [1.165, 1.54) is 71.1 Å². The summed E-state index contributed by atoms with van der Waals surface area (Å²) in [6.07, 6.45) is 23.1. The number of halogens is 9. The SMILES string of the molecule is CC1(F)CCN(C(=O)Nc2cnn3ccc(N4CC[C@H]5C[C@]54c4cc(F)ccc4F)nc23)C1.CO[C@H]1CCN(C(=O)Nc2cnn3ccc(N4CC[C@H]5C[C@]54c4cc(F)ccc4F)nc23)C1.C[C@@H]1CCN(C(=O)Nc2cnn3ccc(N4CC[C@H]5C[C@]54c4cc(F)ccc4F)nc23)C1.C[C@H]1CCN(C(=O)Nc2cnn3ccc(N4CC[C@H]5C[C@]54c4cc(F)ccc4F)nc23)C1. The monoisotopic (exact) mass is 1790 g/mol. The molecule has 16 heterocycles. The number of benzene rings is 4. The number of piperidine rings is 4. The van der Waals surface area contributed by atoms with E-state index in [-0.39, 0.29) is 66.0 Å². The predicted octanol–water partition coefficient (Wildman–Crippen LogP) is 15.5.